The van der Waals surface area contributed by atoms with Crippen LogP contribution >= 0.6 is 0 Å². The van der Waals surface area contributed by atoms with Gasteiger partial charge in [0.1, 0.15) is 16.2 Å². The van der Waals surface area contributed by atoms with Gasteiger partial charge in [0.25, 0.3) is 0 Å². The second kappa shape index (κ2) is 5.25. The highest BCUT2D eigenvalue weighted by Crippen LogP contribution is 2.23. The van der Waals surface area contributed by atoms with Crippen LogP contribution in [0.2, 0.25) is 0 Å². The molecule has 0 amide bonds. The third-order valence-corrected chi connectivity index (χ3v) is 5.51. The predicted molar refractivity (Wildman–Crippen MR) is 80.2 cm³/mol. The van der Waals surface area contributed by atoms with E-state index in [0.717, 1.165) is 11.4 Å². The van der Waals surface area contributed by atoms with Crippen molar-refractivity contribution in [2.45, 2.75) is 38.6 Å². The number of aromatic nitrogens is 4. The van der Waals surface area contributed by atoms with E-state index in [2.05, 4.69) is 34.5 Å². The SMILES string of the molecule is CC(C)c1cc(NC2CCS(=O)(=O)CC2)c2nncn2n1. The van der Waals surface area contributed by atoms with E-state index >= 15 is 0 Å². The Labute approximate surface area is 123 Å². The number of fused-ring (bicyclic) bond motifs is 1. The molecule has 0 radical (unpaired) electrons. The summed E-state index contributed by atoms with van der Waals surface area (Å²) in [6.07, 6.45) is 2.83. The summed E-state index contributed by atoms with van der Waals surface area (Å²) in [4.78, 5) is 0. The van der Waals surface area contributed by atoms with Crippen LogP contribution in [0.5, 0.6) is 0 Å². The van der Waals surface area contributed by atoms with E-state index in [-0.39, 0.29) is 17.5 Å². The maximum absolute atomic E-state index is 11.5. The zero-order chi connectivity index (χ0) is 15.0. The number of sulfone groups is 1. The average Bonchev–Trinajstić information content (AvgIpc) is 2.89. The predicted octanol–water partition coefficient (Wildman–Crippen LogP) is 1.24. The van der Waals surface area contributed by atoms with Gasteiger partial charge in [-0.3, -0.25) is 0 Å². The Morgan fingerprint density at radius 3 is 2.71 bits per heavy atom. The Morgan fingerprint density at radius 2 is 2.05 bits per heavy atom. The number of nitrogens with zero attached hydrogens (tertiary/aromatic N) is 4. The van der Waals surface area contributed by atoms with Crippen molar-refractivity contribution in [3.8, 4) is 0 Å². The van der Waals surface area contributed by atoms with Crippen molar-refractivity contribution in [1.29, 1.82) is 0 Å². The van der Waals surface area contributed by atoms with Crippen LogP contribution in [0.3, 0.4) is 0 Å². The molecule has 1 N–H and O–H groups in total. The molecule has 0 saturated carbocycles. The fraction of sp³-hybridized carbons (Fsp3) is 0.615. The fourth-order valence-electron chi connectivity index (χ4n) is 2.49. The molecule has 7 nitrogen and oxygen atoms in total. The Morgan fingerprint density at radius 1 is 1.33 bits per heavy atom. The van der Waals surface area contributed by atoms with E-state index in [1.807, 2.05) is 6.07 Å². The second-order valence-corrected chi connectivity index (χ2v) is 8.11. The molecule has 0 atom stereocenters. The Bertz CT molecular complexity index is 739. The molecule has 0 aromatic carbocycles. The third kappa shape index (κ3) is 2.99. The lowest BCUT2D eigenvalue weighted by Gasteiger charge is -2.24. The minimum absolute atomic E-state index is 0.149. The van der Waals surface area contributed by atoms with Gasteiger partial charge in [0, 0.05) is 6.04 Å². The number of hydrogen-bond donors (Lipinski definition) is 1. The van der Waals surface area contributed by atoms with Crippen LogP contribution in [0, 0.1) is 0 Å². The fourth-order valence-corrected chi connectivity index (χ4v) is 3.98. The van der Waals surface area contributed by atoms with Crippen LogP contribution in [-0.4, -0.2) is 45.8 Å². The molecule has 0 aliphatic carbocycles. The third-order valence-electron chi connectivity index (χ3n) is 3.79. The van der Waals surface area contributed by atoms with Gasteiger partial charge in [0.2, 0.25) is 5.65 Å². The molecule has 1 aliphatic heterocycles. The van der Waals surface area contributed by atoms with Crippen molar-refractivity contribution >= 4 is 21.2 Å². The van der Waals surface area contributed by atoms with Crippen LogP contribution < -0.4 is 5.32 Å². The van der Waals surface area contributed by atoms with E-state index in [1.165, 1.54) is 0 Å². The zero-order valence-corrected chi connectivity index (χ0v) is 13.0. The summed E-state index contributed by atoms with van der Waals surface area (Å²) in [6.45, 7) is 4.16. The minimum Gasteiger partial charge on any atom is -0.379 e. The lowest BCUT2D eigenvalue weighted by Crippen LogP contribution is -2.32. The number of nitrogens with one attached hydrogen (secondary N) is 1. The highest BCUT2D eigenvalue weighted by molar-refractivity contribution is 7.91. The minimum atomic E-state index is -2.85. The van der Waals surface area contributed by atoms with Gasteiger partial charge in [-0.15, -0.1) is 10.2 Å². The van der Waals surface area contributed by atoms with E-state index in [1.54, 1.807) is 10.8 Å². The maximum atomic E-state index is 11.5. The van der Waals surface area contributed by atoms with Gasteiger partial charge >= 0.3 is 0 Å². The molecule has 8 heteroatoms. The van der Waals surface area contributed by atoms with Crippen molar-refractivity contribution in [2.24, 2.45) is 0 Å². The van der Waals surface area contributed by atoms with Gasteiger partial charge in [-0.05, 0) is 24.8 Å². The van der Waals surface area contributed by atoms with E-state index in [0.29, 0.717) is 24.4 Å². The van der Waals surface area contributed by atoms with Crippen LogP contribution in [0.4, 0.5) is 5.69 Å². The number of rotatable bonds is 3. The molecule has 1 fully saturated rings. The average molecular weight is 309 g/mol. The first-order valence-corrected chi connectivity index (χ1v) is 8.95. The van der Waals surface area contributed by atoms with Gasteiger partial charge < -0.3 is 5.32 Å². The summed E-state index contributed by atoms with van der Waals surface area (Å²) < 4.78 is 24.7. The van der Waals surface area contributed by atoms with Crippen LogP contribution in [0.15, 0.2) is 12.4 Å². The molecule has 2 aromatic rings. The molecule has 0 spiro atoms. The highest BCUT2D eigenvalue weighted by atomic mass is 32.2. The van der Waals surface area contributed by atoms with E-state index < -0.39 is 9.84 Å². The number of hydrogen-bond acceptors (Lipinski definition) is 6. The summed E-state index contributed by atoms with van der Waals surface area (Å²) in [7, 11) is -2.85. The first kappa shape index (κ1) is 14.2. The normalized spacial score (nSPS) is 19.2. The van der Waals surface area contributed by atoms with Crippen LogP contribution in [-0.2, 0) is 9.84 Å². The quantitative estimate of drug-likeness (QED) is 0.917. The molecule has 3 rings (SSSR count). The summed E-state index contributed by atoms with van der Waals surface area (Å²) in [6, 6.07) is 2.13. The molecule has 0 unspecified atom stereocenters. The van der Waals surface area contributed by atoms with Crippen LogP contribution in [0.1, 0.15) is 38.3 Å². The topological polar surface area (TPSA) is 89.2 Å². The van der Waals surface area contributed by atoms with Gasteiger partial charge in [-0.1, -0.05) is 13.8 Å². The lowest BCUT2D eigenvalue weighted by molar-refractivity contribution is 0.559. The maximum Gasteiger partial charge on any atom is 0.200 e. The standard InChI is InChI=1S/C13H19N5O2S/c1-9(2)11-7-12(13-16-14-8-18(13)17-11)15-10-3-5-21(19,20)6-4-10/h7-10,15H,3-6H2,1-2H3. The molecule has 1 saturated heterocycles. The van der Waals surface area contributed by atoms with Gasteiger partial charge in [-0.25, -0.2) is 8.42 Å². The lowest BCUT2D eigenvalue weighted by atomic mass is 10.1. The van der Waals surface area contributed by atoms with E-state index in [9.17, 15) is 8.42 Å². The first-order valence-electron chi connectivity index (χ1n) is 7.12. The van der Waals surface area contributed by atoms with Crippen molar-refractivity contribution in [3.05, 3.63) is 18.1 Å². The molecule has 21 heavy (non-hydrogen) atoms. The van der Waals surface area contributed by atoms with Gasteiger partial charge in [0.05, 0.1) is 22.9 Å². The first-order chi connectivity index (χ1) is 9.94. The van der Waals surface area contributed by atoms with Crippen molar-refractivity contribution < 1.29 is 8.42 Å². The highest BCUT2D eigenvalue weighted by Gasteiger charge is 2.24. The Hall–Kier alpha value is -1.70. The number of anilines is 1. The summed E-state index contributed by atoms with van der Waals surface area (Å²) in [5.41, 5.74) is 2.50. The van der Waals surface area contributed by atoms with E-state index in [4.69, 9.17) is 0 Å². The summed E-state index contributed by atoms with van der Waals surface area (Å²) >= 11 is 0. The van der Waals surface area contributed by atoms with Gasteiger partial charge in [0.15, 0.2) is 0 Å². The van der Waals surface area contributed by atoms with Gasteiger partial charge in [-0.2, -0.15) is 9.61 Å². The molecule has 3 heterocycles. The molecule has 1 aliphatic rings. The van der Waals surface area contributed by atoms with Crippen LogP contribution in [0.25, 0.3) is 5.65 Å². The van der Waals surface area contributed by atoms with Crippen molar-refractivity contribution in [3.63, 3.8) is 0 Å². The largest absolute Gasteiger partial charge is 0.379 e. The smallest absolute Gasteiger partial charge is 0.200 e. The summed E-state index contributed by atoms with van der Waals surface area (Å²) in [5, 5.41) is 15.9. The monoisotopic (exact) mass is 309 g/mol. The molecule has 114 valence electrons. The van der Waals surface area contributed by atoms with Crippen molar-refractivity contribution in [2.75, 3.05) is 16.8 Å². The molecule has 2 aromatic heterocycles. The Kier molecular flexibility index (Phi) is 3.56. The van der Waals surface area contributed by atoms with Crippen molar-refractivity contribution in [1.82, 2.24) is 19.8 Å². The zero-order valence-electron chi connectivity index (χ0n) is 12.2. The molecular formula is C13H19N5O2S. The molecular weight excluding hydrogens is 290 g/mol. The Balaban J connectivity index is 1.88. The molecule has 0 bridgehead atoms. The second-order valence-electron chi connectivity index (χ2n) is 5.81. The summed E-state index contributed by atoms with van der Waals surface area (Å²) in [5.74, 6) is 0.787.